The van der Waals surface area contributed by atoms with Crippen LogP contribution in [0.15, 0.2) is 59.9 Å². The molecule has 0 bridgehead atoms. The highest BCUT2D eigenvalue weighted by molar-refractivity contribution is 6.20. The largest absolute Gasteiger partial charge is 0.505 e. The average Bonchev–Trinajstić information content (AvgIpc) is 3.45. The Balaban J connectivity index is 0.00000149. The molecule has 8 heteroatoms. The molecule has 3 amide bonds. The predicted octanol–water partition coefficient (Wildman–Crippen LogP) is 3.07. The number of phenolic OH excluding ortho intramolecular Hbond substituents is 1. The van der Waals surface area contributed by atoms with Crippen molar-refractivity contribution in [2.75, 3.05) is 25.5 Å². The van der Waals surface area contributed by atoms with Gasteiger partial charge in [0.2, 0.25) is 0 Å². The average molecular weight is 451 g/mol. The number of hydrogen-bond acceptors (Lipinski definition) is 6. The van der Waals surface area contributed by atoms with E-state index in [0.717, 1.165) is 23.3 Å². The van der Waals surface area contributed by atoms with Crippen molar-refractivity contribution in [3.63, 3.8) is 0 Å². The Kier molecular flexibility index (Phi) is 7.71. The van der Waals surface area contributed by atoms with Crippen LogP contribution >= 0.6 is 0 Å². The van der Waals surface area contributed by atoms with Crippen molar-refractivity contribution in [1.29, 1.82) is 0 Å². The lowest BCUT2D eigenvalue weighted by atomic mass is 10.1. The maximum absolute atomic E-state index is 12.7. The Labute approximate surface area is 193 Å². The summed E-state index contributed by atoms with van der Waals surface area (Å²) >= 11 is 0. The number of imide groups is 1. The smallest absolute Gasteiger partial charge is 0.279 e. The maximum atomic E-state index is 12.7. The molecule has 0 saturated carbocycles. The van der Waals surface area contributed by atoms with Crippen LogP contribution < -0.4 is 10.6 Å². The van der Waals surface area contributed by atoms with Crippen molar-refractivity contribution in [2.24, 2.45) is 0 Å². The summed E-state index contributed by atoms with van der Waals surface area (Å²) in [6.07, 6.45) is 1.88. The molecule has 2 aliphatic rings. The molecule has 2 heterocycles. The standard InChI is InChI=1S/C23H24N4O4.C2H6/c1-26-22(30)18(24-14-15-8-3-2-4-9-15)19(23(26)31)25-17-11-7-10-16(20(17)28)21(29)27-12-5-6-13-27;1-2/h2-4,7-11,24-25,28H,5-6,12-14H2,1H3;1-2H3. The molecule has 2 aliphatic heterocycles. The third-order valence-corrected chi connectivity index (χ3v) is 5.52. The van der Waals surface area contributed by atoms with Crippen molar-refractivity contribution in [2.45, 2.75) is 33.2 Å². The molecule has 8 nitrogen and oxygen atoms in total. The van der Waals surface area contributed by atoms with E-state index >= 15 is 0 Å². The minimum absolute atomic E-state index is 0.0319. The number of phenols is 1. The molecule has 0 radical (unpaired) electrons. The van der Waals surface area contributed by atoms with E-state index in [1.807, 2.05) is 44.2 Å². The van der Waals surface area contributed by atoms with Crippen molar-refractivity contribution in [3.8, 4) is 5.75 Å². The molecule has 1 fully saturated rings. The van der Waals surface area contributed by atoms with Crippen molar-refractivity contribution in [3.05, 3.63) is 71.1 Å². The maximum Gasteiger partial charge on any atom is 0.279 e. The zero-order valence-corrected chi connectivity index (χ0v) is 19.2. The van der Waals surface area contributed by atoms with Crippen molar-refractivity contribution >= 4 is 23.4 Å². The fourth-order valence-electron chi connectivity index (χ4n) is 3.75. The van der Waals surface area contributed by atoms with Gasteiger partial charge in [0.25, 0.3) is 17.7 Å². The van der Waals surface area contributed by atoms with Gasteiger partial charge in [-0.3, -0.25) is 19.3 Å². The lowest BCUT2D eigenvalue weighted by Crippen LogP contribution is -2.30. The van der Waals surface area contributed by atoms with Crippen LogP contribution in [-0.2, 0) is 16.1 Å². The fraction of sp³-hybridized carbons (Fsp3) is 0.320. The molecule has 2 aromatic carbocycles. The van der Waals surface area contributed by atoms with Gasteiger partial charge >= 0.3 is 0 Å². The van der Waals surface area contributed by atoms with Crippen molar-refractivity contribution < 1.29 is 19.5 Å². The minimum Gasteiger partial charge on any atom is -0.505 e. The summed E-state index contributed by atoms with van der Waals surface area (Å²) < 4.78 is 0. The number of carbonyl (C=O) groups is 3. The molecule has 1 saturated heterocycles. The SMILES string of the molecule is CC.CN1C(=O)C(NCc2ccccc2)=C(Nc2cccc(C(=O)N3CCCC3)c2O)C1=O. The first kappa shape index (κ1) is 23.8. The second-order valence-corrected chi connectivity index (χ2v) is 7.58. The lowest BCUT2D eigenvalue weighted by molar-refractivity contribution is -0.136. The topological polar surface area (TPSA) is 102 Å². The van der Waals surface area contributed by atoms with Crippen molar-refractivity contribution in [1.82, 2.24) is 15.1 Å². The highest BCUT2D eigenvalue weighted by atomic mass is 16.3. The third kappa shape index (κ3) is 5.00. The monoisotopic (exact) mass is 450 g/mol. The molecular weight excluding hydrogens is 420 g/mol. The van der Waals surface area contributed by atoms with E-state index in [1.54, 1.807) is 23.1 Å². The van der Waals surface area contributed by atoms with Gasteiger partial charge < -0.3 is 20.6 Å². The summed E-state index contributed by atoms with van der Waals surface area (Å²) in [6.45, 7) is 5.67. The number of rotatable bonds is 6. The second-order valence-electron chi connectivity index (χ2n) is 7.58. The molecule has 4 rings (SSSR count). The van der Waals surface area contributed by atoms with Crippen LogP contribution in [-0.4, -0.2) is 52.8 Å². The van der Waals surface area contributed by atoms with Crippen LogP contribution in [0.5, 0.6) is 5.75 Å². The van der Waals surface area contributed by atoms with Gasteiger partial charge in [0.05, 0.1) is 11.3 Å². The molecule has 0 atom stereocenters. The molecule has 0 spiro atoms. The minimum atomic E-state index is -0.517. The fourth-order valence-corrected chi connectivity index (χ4v) is 3.75. The van der Waals surface area contributed by atoms with Gasteiger partial charge in [-0.1, -0.05) is 50.2 Å². The Morgan fingerprint density at radius 1 is 0.939 bits per heavy atom. The third-order valence-electron chi connectivity index (χ3n) is 5.52. The zero-order valence-electron chi connectivity index (χ0n) is 19.2. The number of nitrogens with one attached hydrogen (secondary N) is 2. The molecule has 0 aliphatic carbocycles. The molecule has 0 aromatic heterocycles. The summed E-state index contributed by atoms with van der Waals surface area (Å²) in [5.41, 5.74) is 1.45. The van der Waals surface area contributed by atoms with Gasteiger partial charge in [-0.05, 0) is 30.5 Å². The van der Waals surface area contributed by atoms with Crippen LogP contribution in [0.2, 0.25) is 0 Å². The number of aromatic hydroxyl groups is 1. The van der Waals surface area contributed by atoms with Crippen LogP contribution in [0.1, 0.15) is 42.6 Å². The molecule has 3 N–H and O–H groups in total. The molecule has 174 valence electrons. The summed E-state index contributed by atoms with van der Waals surface area (Å²) in [5.74, 6) is -1.48. The number of para-hydroxylation sites is 1. The Morgan fingerprint density at radius 3 is 2.24 bits per heavy atom. The number of nitrogens with zero attached hydrogens (tertiary/aromatic N) is 2. The number of anilines is 1. The second kappa shape index (κ2) is 10.7. The van der Waals surface area contributed by atoms with Crippen LogP contribution in [0.4, 0.5) is 5.69 Å². The van der Waals surface area contributed by atoms with Crippen LogP contribution in [0.3, 0.4) is 0 Å². The number of likely N-dealkylation sites (tertiary alicyclic amines) is 1. The number of hydrogen-bond donors (Lipinski definition) is 3. The Bertz CT molecular complexity index is 1060. The summed E-state index contributed by atoms with van der Waals surface area (Å²) in [6, 6.07) is 14.2. The molecule has 0 unspecified atom stereocenters. The highest BCUT2D eigenvalue weighted by Gasteiger charge is 2.36. The van der Waals surface area contributed by atoms with E-state index in [0.29, 0.717) is 19.6 Å². The molecule has 33 heavy (non-hydrogen) atoms. The first-order valence-corrected chi connectivity index (χ1v) is 11.2. The Hall–Kier alpha value is -3.81. The van der Waals surface area contributed by atoms with Crippen LogP contribution in [0, 0.1) is 0 Å². The van der Waals surface area contributed by atoms with Gasteiger partial charge in [0, 0.05) is 26.7 Å². The number of benzene rings is 2. The van der Waals surface area contributed by atoms with E-state index < -0.39 is 11.8 Å². The van der Waals surface area contributed by atoms with E-state index in [1.165, 1.54) is 7.05 Å². The normalized spacial score (nSPS) is 15.5. The van der Waals surface area contributed by atoms with Gasteiger partial charge in [0.15, 0.2) is 5.75 Å². The highest BCUT2D eigenvalue weighted by Crippen LogP contribution is 2.32. The van der Waals surface area contributed by atoms with E-state index in [4.69, 9.17) is 0 Å². The summed E-state index contributed by atoms with van der Waals surface area (Å²) in [5, 5.41) is 16.6. The van der Waals surface area contributed by atoms with Gasteiger partial charge in [-0.15, -0.1) is 0 Å². The van der Waals surface area contributed by atoms with Crippen LogP contribution in [0.25, 0.3) is 0 Å². The van der Waals surface area contributed by atoms with Gasteiger partial charge in [0.1, 0.15) is 11.4 Å². The summed E-state index contributed by atoms with van der Waals surface area (Å²) in [7, 11) is 1.40. The lowest BCUT2D eigenvalue weighted by Gasteiger charge is -2.18. The van der Waals surface area contributed by atoms with E-state index in [-0.39, 0.29) is 34.3 Å². The van der Waals surface area contributed by atoms with E-state index in [2.05, 4.69) is 10.6 Å². The first-order chi connectivity index (χ1) is 16.0. The Morgan fingerprint density at radius 2 is 1.58 bits per heavy atom. The number of carbonyl (C=O) groups excluding carboxylic acids is 3. The van der Waals surface area contributed by atoms with Gasteiger partial charge in [-0.25, -0.2) is 0 Å². The summed E-state index contributed by atoms with van der Waals surface area (Å²) in [4.78, 5) is 40.7. The van der Waals surface area contributed by atoms with Gasteiger partial charge in [-0.2, -0.15) is 0 Å². The van der Waals surface area contributed by atoms with E-state index in [9.17, 15) is 19.5 Å². The predicted molar refractivity (Wildman–Crippen MR) is 126 cm³/mol. The zero-order chi connectivity index (χ0) is 24.0. The molecule has 2 aromatic rings. The number of likely N-dealkylation sites (N-methyl/N-ethyl adjacent to an activating group) is 1. The quantitative estimate of drug-likeness (QED) is 0.462. The first-order valence-electron chi connectivity index (χ1n) is 11.2. The number of amides is 3. The molecular formula is C25H30N4O4.